The number of rotatable bonds is 6. The van der Waals surface area contributed by atoms with Crippen LogP contribution in [0.2, 0.25) is 18.1 Å². The lowest BCUT2D eigenvalue weighted by atomic mass is 9.89. The largest absolute Gasteiger partial charge is 0.459 e. The van der Waals surface area contributed by atoms with Crippen LogP contribution in [0.4, 0.5) is 0 Å². The maximum atomic E-state index is 11.9. The lowest BCUT2D eigenvalue weighted by Crippen LogP contribution is -2.43. The van der Waals surface area contributed by atoms with Crippen molar-refractivity contribution in [1.29, 1.82) is 0 Å². The van der Waals surface area contributed by atoms with Crippen molar-refractivity contribution in [3.63, 3.8) is 0 Å². The Labute approximate surface area is 128 Å². The number of carbonyl (C=O) groups excluding carboxylic acids is 1. The molecule has 1 aliphatic heterocycles. The van der Waals surface area contributed by atoms with Crippen molar-refractivity contribution in [3.8, 4) is 0 Å². The topological polar surface area (TPSA) is 35.5 Å². The van der Waals surface area contributed by atoms with E-state index in [0.29, 0.717) is 18.9 Å². The number of cyclic esters (lactones) is 1. The number of hydrogen-bond acceptors (Lipinski definition) is 3. The molecule has 0 aromatic carbocycles. The van der Waals surface area contributed by atoms with Crippen LogP contribution in [0.25, 0.3) is 0 Å². The van der Waals surface area contributed by atoms with E-state index in [2.05, 4.69) is 40.4 Å². The van der Waals surface area contributed by atoms with E-state index in [9.17, 15) is 4.79 Å². The number of halogens is 1. The molecule has 20 heavy (non-hydrogen) atoms. The normalized spacial score (nSPS) is 27.5. The maximum absolute atomic E-state index is 11.9. The molecule has 0 aliphatic carbocycles. The molecule has 0 spiro atoms. The minimum atomic E-state index is -1.83. The van der Waals surface area contributed by atoms with Crippen LogP contribution in [-0.4, -0.2) is 32.9 Å². The van der Waals surface area contributed by atoms with Crippen molar-refractivity contribution in [2.24, 2.45) is 11.8 Å². The van der Waals surface area contributed by atoms with Crippen LogP contribution < -0.4 is 0 Å². The van der Waals surface area contributed by atoms with Crippen LogP contribution >= 0.6 is 11.6 Å². The molecular formula is C15H27ClO3Si. The fraction of sp³-hybridized carbons (Fsp3) is 0.800. The first-order valence-electron chi connectivity index (χ1n) is 7.17. The predicted octanol–water partition coefficient (Wildman–Crippen LogP) is 3.98. The third-order valence-corrected chi connectivity index (χ3v) is 9.29. The number of esters is 1. The molecule has 1 saturated heterocycles. The summed E-state index contributed by atoms with van der Waals surface area (Å²) in [6.45, 7) is 15.3. The fourth-order valence-corrected chi connectivity index (χ4v) is 3.38. The summed E-state index contributed by atoms with van der Waals surface area (Å²) in [6, 6.07) is 0. The molecule has 0 aromatic heterocycles. The van der Waals surface area contributed by atoms with Gasteiger partial charge in [0.25, 0.3) is 0 Å². The monoisotopic (exact) mass is 318 g/mol. The molecule has 3 atom stereocenters. The Kier molecular flexibility index (Phi) is 5.87. The van der Waals surface area contributed by atoms with Crippen LogP contribution in [0, 0.1) is 11.8 Å². The van der Waals surface area contributed by atoms with Gasteiger partial charge in [-0.25, -0.2) is 0 Å². The standard InChI is InChI=1S/C15H27ClO3Si/c1-7-11-12(8-9-16)14(17)19-13(11)10-18-20(5,6)15(2,3)4/h7,11-13H,1,8-10H2,2-6H3/t11-,12-,13-/m1/s1. The summed E-state index contributed by atoms with van der Waals surface area (Å²) < 4.78 is 11.6. The lowest BCUT2D eigenvalue weighted by Gasteiger charge is -2.37. The van der Waals surface area contributed by atoms with Gasteiger partial charge in [-0.15, -0.1) is 18.2 Å². The molecule has 1 fully saturated rings. The van der Waals surface area contributed by atoms with Crippen LogP contribution in [0.3, 0.4) is 0 Å². The Hall–Kier alpha value is -0.323. The highest BCUT2D eigenvalue weighted by atomic mass is 35.5. The van der Waals surface area contributed by atoms with Gasteiger partial charge in [0.2, 0.25) is 0 Å². The van der Waals surface area contributed by atoms with E-state index < -0.39 is 8.32 Å². The Balaban J connectivity index is 2.69. The molecule has 0 unspecified atom stereocenters. The summed E-state index contributed by atoms with van der Waals surface area (Å²) in [5.41, 5.74) is 0. The second-order valence-corrected chi connectivity index (χ2v) is 12.1. The van der Waals surface area contributed by atoms with E-state index in [1.165, 1.54) is 0 Å². The van der Waals surface area contributed by atoms with E-state index in [1.807, 2.05) is 6.08 Å². The second-order valence-electron chi connectivity index (χ2n) is 6.94. The van der Waals surface area contributed by atoms with Gasteiger partial charge in [0.1, 0.15) is 6.10 Å². The third-order valence-electron chi connectivity index (χ3n) is 4.57. The quantitative estimate of drug-likeness (QED) is 0.321. The van der Waals surface area contributed by atoms with Gasteiger partial charge >= 0.3 is 5.97 Å². The van der Waals surface area contributed by atoms with Gasteiger partial charge in [-0.3, -0.25) is 4.79 Å². The fourth-order valence-electron chi connectivity index (χ4n) is 2.13. The second kappa shape index (κ2) is 6.63. The average molecular weight is 319 g/mol. The van der Waals surface area contributed by atoms with E-state index in [1.54, 1.807) is 0 Å². The number of carbonyl (C=O) groups is 1. The predicted molar refractivity (Wildman–Crippen MR) is 85.5 cm³/mol. The van der Waals surface area contributed by atoms with Gasteiger partial charge in [0.15, 0.2) is 8.32 Å². The van der Waals surface area contributed by atoms with Crippen molar-refractivity contribution in [2.45, 2.75) is 51.4 Å². The first-order chi connectivity index (χ1) is 9.14. The molecule has 1 heterocycles. The van der Waals surface area contributed by atoms with Crippen molar-refractivity contribution in [3.05, 3.63) is 12.7 Å². The molecule has 0 amide bonds. The van der Waals surface area contributed by atoms with Gasteiger partial charge in [-0.1, -0.05) is 26.8 Å². The van der Waals surface area contributed by atoms with E-state index in [0.717, 1.165) is 0 Å². The van der Waals surface area contributed by atoms with E-state index in [-0.39, 0.29) is 28.9 Å². The first-order valence-corrected chi connectivity index (χ1v) is 10.6. The summed E-state index contributed by atoms with van der Waals surface area (Å²) in [6.07, 6.45) is 2.22. The van der Waals surface area contributed by atoms with Gasteiger partial charge < -0.3 is 9.16 Å². The van der Waals surface area contributed by atoms with Crippen molar-refractivity contribution < 1.29 is 14.0 Å². The molecule has 0 aromatic rings. The van der Waals surface area contributed by atoms with E-state index >= 15 is 0 Å². The Bertz CT molecular complexity index is 363. The Morgan fingerprint density at radius 2 is 2.05 bits per heavy atom. The highest BCUT2D eigenvalue weighted by Crippen LogP contribution is 2.38. The molecule has 1 aliphatic rings. The summed E-state index contributed by atoms with van der Waals surface area (Å²) in [4.78, 5) is 11.9. The zero-order valence-corrected chi connectivity index (χ0v) is 15.0. The molecule has 0 bridgehead atoms. The lowest BCUT2D eigenvalue weighted by molar-refractivity contribution is -0.145. The Morgan fingerprint density at radius 1 is 1.45 bits per heavy atom. The summed E-state index contributed by atoms with van der Waals surface area (Å²) in [5, 5.41) is 0.148. The number of ether oxygens (including phenoxy) is 1. The number of alkyl halides is 1. The third kappa shape index (κ3) is 3.86. The van der Waals surface area contributed by atoms with Crippen LogP contribution in [0.15, 0.2) is 12.7 Å². The molecular weight excluding hydrogens is 292 g/mol. The summed E-state index contributed by atoms with van der Waals surface area (Å²) in [7, 11) is -1.83. The van der Waals surface area contributed by atoms with Gasteiger partial charge in [-0.05, 0) is 24.6 Å². The minimum absolute atomic E-state index is 0.00557. The highest BCUT2D eigenvalue weighted by molar-refractivity contribution is 6.74. The highest BCUT2D eigenvalue weighted by Gasteiger charge is 2.44. The van der Waals surface area contributed by atoms with Crippen LogP contribution in [0.5, 0.6) is 0 Å². The van der Waals surface area contributed by atoms with Crippen molar-refractivity contribution >= 4 is 25.9 Å². The molecule has 0 N–H and O–H groups in total. The molecule has 1 rings (SSSR count). The first kappa shape index (κ1) is 17.7. The minimum Gasteiger partial charge on any atom is -0.459 e. The van der Waals surface area contributed by atoms with Crippen LogP contribution in [-0.2, 0) is 14.0 Å². The molecule has 5 heteroatoms. The molecule has 0 saturated carbocycles. The zero-order chi connectivity index (χ0) is 15.6. The van der Waals surface area contributed by atoms with Crippen LogP contribution in [0.1, 0.15) is 27.2 Å². The SMILES string of the molecule is C=C[C@H]1[C@@H](CO[Si](C)(C)C(C)(C)C)OC(=O)[C@@H]1CCCl. The zero-order valence-electron chi connectivity index (χ0n) is 13.2. The maximum Gasteiger partial charge on any atom is 0.310 e. The van der Waals surface area contributed by atoms with Gasteiger partial charge in [-0.2, -0.15) is 0 Å². The molecule has 116 valence electrons. The summed E-state index contributed by atoms with van der Waals surface area (Å²) in [5.74, 6) is 0.128. The van der Waals surface area contributed by atoms with Crippen molar-refractivity contribution in [1.82, 2.24) is 0 Å². The van der Waals surface area contributed by atoms with Crippen molar-refractivity contribution in [2.75, 3.05) is 12.5 Å². The van der Waals surface area contributed by atoms with Gasteiger partial charge in [0, 0.05) is 11.8 Å². The average Bonchev–Trinajstić information content (AvgIpc) is 2.62. The smallest absolute Gasteiger partial charge is 0.310 e. The summed E-state index contributed by atoms with van der Waals surface area (Å²) >= 11 is 5.76. The Morgan fingerprint density at radius 3 is 2.50 bits per heavy atom. The molecule has 0 radical (unpaired) electrons. The number of hydrogen-bond donors (Lipinski definition) is 0. The van der Waals surface area contributed by atoms with E-state index in [4.69, 9.17) is 20.8 Å². The van der Waals surface area contributed by atoms with Gasteiger partial charge in [0.05, 0.1) is 12.5 Å². The molecule has 3 nitrogen and oxygen atoms in total.